The number of ether oxygens (including phenoxy) is 1. The summed E-state index contributed by atoms with van der Waals surface area (Å²) in [5.74, 6) is 0.395. The van der Waals surface area contributed by atoms with Gasteiger partial charge in [0.1, 0.15) is 5.75 Å². The third-order valence-electron chi connectivity index (χ3n) is 3.56. The van der Waals surface area contributed by atoms with Crippen molar-refractivity contribution < 1.29 is 14.3 Å². The number of benzene rings is 2. The van der Waals surface area contributed by atoms with Gasteiger partial charge >= 0.3 is 0 Å². The Morgan fingerprint density at radius 1 is 1.08 bits per heavy atom. The number of carbonyl (C=O) groups excluding carboxylic acids is 2. The molecule has 0 saturated carbocycles. The number of hydrogen-bond acceptors (Lipinski definition) is 3. The molecule has 2 N–H and O–H groups in total. The summed E-state index contributed by atoms with van der Waals surface area (Å²) in [6.07, 6.45) is 0. The van der Waals surface area contributed by atoms with E-state index in [1.807, 2.05) is 20.8 Å². The Bertz CT molecular complexity index is 773. The molecule has 2 rings (SSSR count). The van der Waals surface area contributed by atoms with E-state index in [4.69, 9.17) is 16.3 Å². The van der Waals surface area contributed by atoms with Crippen LogP contribution in [0.25, 0.3) is 0 Å². The minimum absolute atomic E-state index is 0.134. The summed E-state index contributed by atoms with van der Waals surface area (Å²) in [4.78, 5) is 24.6. The highest BCUT2D eigenvalue weighted by Crippen LogP contribution is 2.24. The molecule has 5 nitrogen and oxygen atoms in total. The highest BCUT2D eigenvalue weighted by atomic mass is 35.5. The highest BCUT2D eigenvalue weighted by molar-refractivity contribution is 6.31. The molecule has 0 aliphatic carbocycles. The molecule has 2 amide bonds. The van der Waals surface area contributed by atoms with Gasteiger partial charge in [0.15, 0.2) is 0 Å². The molecule has 138 valence electrons. The first-order valence-corrected chi connectivity index (χ1v) is 8.90. The van der Waals surface area contributed by atoms with Gasteiger partial charge in [0.25, 0.3) is 11.8 Å². The molecule has 0 fully saturated rings. The summed E-state index contributed by atoms with van der Waals surface area (Å²) in [6.45, 7) is 6.98. The largest absolute Gasteiger partial charge is 0.493 e. The minimum atomic E-state index is -0.326. The molecule has 0 aromatic heterocycles. The Hall–Kier alpha value is -2.53. The van der Waals surface area contributed by atoms with Crippen LogP contribution in [0.4, 0.5) is 5.69 Å². The number of nitrogens with one attached hydrogen (secondary N) is 2. The predicted octanol–water partition coefficient (Wildman–Crippen LogP) is 4.38. The molecule has 0 bridgehead atoms. The average Bonchev–Trinajstić information content (AvgIpc) is 2.62. The fraction of sp³-hybridized carbons (Fsp3) is 0.300. The van der Waals surface area contributed by atoms with E-state index >= 15 is 0 Å². The van der Waals surface area contributed by atoms with Gasteiger partial charge in [0.2, 0.25) is 0 Å². The molecular formula is C20H23ClN2O3. The third kappa shape index (κ3) is 5.49. The third-order valence-corrected chi connectivity index (χ3v) is 3.80. The molecule has 26 heavy (non-hydrogen) atoms. The first kappa shape index (κ1) is 19.8. The summed E-state index contributed by atoms with van der Waals surface area (Å²) in [5.41, 5.74) is 1.48. The van der Waals surface area contributed by atoms with Crippen LogP contribution in [-0.2, 0) is 0 Å². The van der Waals surface area contributed by atoms with Gasteiger partial charge < -0.3 is 15.4 Å². The maximum Gasteiger partial charge on any atom is 0.259 e. The molecule has 2 aromatic carbocycles. The maximum absolute atomic E-state index is 12.5. The van der Waals surface area contributed by atoms with Crippen molar-refractivity contribution in [1.82, 2.24) is 5.32 Å². The van der Waals surface area contributed by atoms with E-state index < -0.39 is 0 Å². The lowest BCUT2D eigenvalue weighted by Gasteiger charge is -2.12. The van der Waals surface area contributed by atoms with Crippen LogP contribution in [-0.4, -0.2) is 25.0 Å². The van der Waals surface area contributed by atoms with Gasteiger partial charge in [-0.25, -0.2) is 0 Å². The van der Waals surface area contributed by atoms with E-state index in [9.17, 15) is 9.59 Å². The van der Waals surface area contributed by atoms with Crippen molar-refractivity contribution in [1.29, 1.82) is 0 Å². The highest BCUT2D eigenvalue weighted by Gasteiger charge is 2.14. The second-order valence-electron chi connectivity index (χ2n) is 6.21. The first-order chi connectivity index (χ1) is 12.4. The van der Waals surface area contributed by atoms with Gasteiger partial charge in [0, 0.05) is 22.8 Å². The van der Waals surface area contributed by atoms with E-state index in [2.05, 4.69) is 10.6 Å². The number of rotatable bonds is 7. The average molecular weight is 375 g/mol. The second kappa shape index (κ2) is 9.25. The number of amides is 2. The molecule has 0 radical (unpaired) electrons. The summed E-state index contributed by atoms with van der Waals surface area (Å²) < 4.78 is 5.48. The lowest BCUT2D eigenvalue weighted by atomic mass is 10.1. The van der Waals surface area contributed by atoms with E-state index in [0.29, 0.717) is 46.7 Å². The Labute approximate surface area is 158 Å². The first-order valence-electron chi connectivity index (χ1n) is 8.52. The van der Waals surface area contributed by atoms with Crippen molar-refractivity contribution in [2.45, 2.75) is 20.8 Å². The molecule has 0 saturated heterocycles. The van der Waals surface area contributed by atoms with E-state index in [1.165, 1.54) is 0 Å². The number of carbonyl (C=O) groups is 2. The van der Waals surface area contributed by atoms with Gasteiger partial charge in [-0.2, -0.15) is 0 Å². The lowest BCUT2D eigenvalue weighted by molar-refractivity contribution is 0.0948. The zero-order valence-electron chi connectivity index (χ0n) is 15.1. The maximum atomic E-state index is 12.5. The van der Waals surface area contributed by atoms with Crippen molar-refractivity contribution in [3.8, 4) is 5.75 Å². The van der Waals surface area contributed by atoms with Crippen molar-refractivity contribution in [2.75, 3.05) is 18.5 Å². The Morgan fingerprint density at radius 3 is 2.38 bits per heavy atom. The molecule has 0 heterocycles. The topological polar surface area (TPSA) is 67.4 Å². The Balaban J connectivity index is 2.08. The summed E-state index contributed by atoms with van der Waals surface area (Å²) in [6, 6.07) is 11.6. The minimum Gasteiger partial charge on any atom is -0.493 e. The van der Waals surface area contributed by atoms with Crippen LogP contribution in [0, 0.1) is 5.92 Å². The number of anilines is 1. The van der Waals surface area contributed by atoms with Gasteiger partial charge in [-0.1, -0.05) is 25.4 Å². The molecule has 0 spiro atoms. The summed E-state index contributed by atoms with van der Waals surface area (Å²) >= 11 is 5.99. The quantitative estimate of drug-likeness (QED) is 0.755. The summed E-state index contributed by atoms with van der Waals surface area (Å²) in [7, 11) is 0. The molecule has 0 atom stereocenters. The predicted molar refractivity (Wildman–Crippen MR) is 104 cm³/mol. The van der Waals surface area contributed by atoms with Crippen LogP contribution in [0.15, 0.2) is 42.5 Å². The normalized spacial score (nSPS) is 10.5. The molecule has 0 unspecified atom stereocenters. The van der Waals surface area contributed by atoms with Crippen LogP contribution in [0.2, 0.25) is 5.02 Å². The molecule has 2 aromatic rings. The van der Waals surface area contributed by atoms with Crippen LogP contribution in [0.5, 0.6) is 5.75 Å². The fourth-order valence-electron chi connectivity index (χ4n) is 2.26. The van der Waals surface area contributed by atoms with Gasteiger partial charge in [0.05, 0.1) is 12.2 Å². The molecule has 0 aliphatic heterocycles. The molecule has 0 aliphatic rings. The Morgan fingerprint density at radius 2 is 1.77 bits per heavy atom. The van der Waals surface area contributed by atoms with Crippen molar-refractivity contribution >= 4 is 29.1 Å². The fourth-order valence-corrected chi connectivity index (χ4v) is 2.44. The zero-order valence-corrected chi connectivity index (χ0v) is 15.9. The SMILES string of the molecule is CCOc1ccc(Cl)cc1C(=O)Nc1ccc(C(=O)NCC(C)C)cc1. The van der Waals surface area contributed by atoms with Crippen LogP contribution in [0.1, 0.15) is 41.5 Å². The monoisotopic (exact) mass is 374 g/mol. The van der Waals surface area contributed by atoms with Crippen molar-refractivity contribution in [3.05, 3.63) is 58.6 Å². The van der Waals surface area contributed by atoms with Crippen LogP contribution in [0.3, 0.4) is 0 Å². The standard InChI is InChI=1S/C20H23ClN2O3/c1-4-26-18-10-7-15(21)11-17(18)20(25)23-16-8-5-14(6-9-16)19(24)22-12-13(2)3/h5-11,13H,4,12H2,1-3H3,(H,22,24)(H,23,25). The summed E-state index contributed by atoms with van der Waals surface area (Å²) in [5, 5.41) is 6.10. The van der Waals surface area contributed by atoms with Crippen LogP contribution >= 0.6 is 11.6 Å². The van der Waals surface area contributed by atoms with Crippen LogP contribution < -0.4 is 15.4 Å². The van der Waals surface area contributed by atoms with Gasteiger partial charge in [-0.3, -0.25) is 9.59 Å². The van der Waals surface area contributed by atoms with Gasteiger partial charge in [-0.15, -0.1) is 0 Å². The lowest BCUT2D eigenvalue weighted by Crippen LogP contribution is -2.27. The zero-order chi connectivity index (χ0) is 19.1. The van der Waals surface area contributed by atoms with E-state index in [-0.39, 0.29) is 11.8 Å². The van der Waals surface area contributed by atoms with Crippen molar-refractivity contribution in [3.63, 3.8) is 0 Å². The van der Waals surface area contributed by atoms with Gasteiger partial charge in [-0.05, 0) is 55.3 Å². The van der Waals surface area contributed by atoms with E-state index in [0.717, 1.165) is 0 Å². The number of halogens is 1. The van der Waals surface area contributed by atoms with Crippen molar-refractivity contribution in [2.24, 2.45) is 5.92 Å². The molecule has 6 heteroatoms. The van der Waals surface area contributed by atoms with E-state index in [1.54, 1.807) is 42.5 Å². The number of hydrogen-bond donors (Lipinski definition) is 2. The Kier molecular flexibility index (Phi) is 7.04. The smallest absolute Gasteiger partial charge is 0.259 e. The molecular weight excluding hydrogens is 352 g/mol. The second-order valence-corrected chi connectivity index (χ2v) is 6.65.